The van der Waals surface area contributed by atoms with Crippen molar-refractivity contribution in [2.24, 2.45) is 0 Å². The highest BCUT2D eigenvalue weighted by molar-refractivity contribution is 7.99. The lowest BCUT2D eigenvalue weighted by Crippen LogP contribution is -2.34. The zero-order valence-electron chi connectivity index (χ0n) is 17.1. The van der Waals surface area contributed by atoms with Gasteiger partial charge in [-0.2, -0.15) is 0 Å². The summed E-state index contributed by atoms with van der Waals surface area (Å²) >= 11 is 1.78. The lowest BCUT2D eigenvalue weighted by molar-refractivity contribution is 0.214. The molecule has 4 nitrogen and oxygen atoms in total. The van der Waals surface area contributed by atoms with E-state index in [2.05, 4.69) is 42.6 Å². The molecule has 2 amide bonds. The Bertz CT molecular complexity index is 976. The van der Waals surface area contributed by atoms with Crippen LogP contribution in [-0.4, -0.2) is 23.2 Å². The van der Waals surface area contributed by atoms with Gasteiger partial charge in [0, 0.05) is 18.0 Å². The number of carbonyl (C=O) groups is 1. The Labute approximate surface area is 182 Å². The van der Waals surface area contributed by atoms with Crippen molar-refractivity contribution >= 4 is 23.5 Å². The molecule has 0 radical (unpaired) electrons. The van der Waals surface area contributed by atoms with Crippen LogP contribution in [0.2, 0.25) is 0 Å². The Hall–Kier alpha value is -2.92. The largest absolute Gasteiger partial charge is 0.489 e. The molecule has 1 aliphatic heterocycles. The first-order chi connectivity index (χ1) is 14.7. The van der Waals surface area contributed by atoms with Gasteiger partial charge in [-0.15, -0.1) is 11.8 Å². The molecule has 1 saturated heterocycles. The van der Waals surface area contributed by atoms with Gasteiger partial charge in [0.1, 0.15) is 17.7 Å². The number of nitrogens with zero attached hydrogens (tertiary/aromatic N) is 1. The second-order valence-corrected chi connectivity index (χ2v) is 8.43. The van der Waals surface area contributed by atoms with E-state index in [1.807, 2.05) is 53.4 Å². The average Bonchev–Trinajstić information content (AvgIpc) is 3.29. The lowest BCUT2D eigenvalue weighted by atomic mass is 10.1. The number of nitrogens with one attached hydrogen (secondary N) is 1. The fourth-order valence-corrected chi connectivity index (χ4v) is 4.72. The van der Waals surface area contributed by atoms with Gasteiger partial charge < -0.3 is 15.0 Å². The number of thioether (sulfide) groups is 1. The van der Waals surface area contributed by atoms with E-state index in [0.29, 0.717) is 6.61 Å². The van der Waals surface area contributed by atoms with E-state index in [1.165, 1.54) is 5.56 Å². The molecule has 1 heterocycles. The van der Waals surface area contributed by atoms with E-state index in [-0.39, 0.29) is 11.4 Å². The van der Waals surface area contributed by atoms with Crippen molar-refractivity contribution in [1.82, 2.24) is 4.90 Å². The molecule has 0 saturated carbocycles. The maximum Gasteiger partial charge on any atom is 0.323 e. The molecular formula is C25H26N2O2S. The lowest BCUT2D eigenvalue weighted by Gasteiger charge is -2.25. The van der Waals surface area contributed by atoms with Crippen molar-refractivity contribution in [2.45, 2.75) is 25.3 Å². The molecule has 0 aliphatic carbocycles. The smallest absolute Gasteiger partial charge is 0.323 e. The van der Waals surface area contributed by atoms with Gasteiger partial charge in [-0.1, -0.05) is 61.5 Å². The third-order valence-electron chi connectivity index (χ3n) is 5.16. The summed E-state index contributed by atoms with van der Waals surface area (Å²) < 4.78 is 5.98. The maximum absolute atomic E-state index is 12.9. The summed E-state index contributed by atoms with van der Waals surface area (Å²) in [5, 5.41) is 3.02. The van der Waals surface area contributed by atoms with Crippen LogP contribution in [0.5, 0.6) is 5.75 Å². The second kappa shape index (κ2) is 9.72. The number of aryl methyl sites for hydroxylation is 1. The van der Waals surface area contributed by atoms with Gasteiger partial charge >= 0.3 is 6.03 Å². The molecule has 0 aromatic heterocycles. The van der Waals surface area contributed by atoms with Gasteiger partial charge in [0.15, 0.2) is 0 Å². The van der Waals surface area contributed by atoms with Gasteiger partial charge in [0.2, 0.25) is 0 Å². The number of ether oxygens (including phenoxy) is 1. The Morgan fingerprint density at radius 3 is 2.60 bits per heavy atom. The van der Waals surface area contributed by atoms with E-state index in [0.717, 1.165) is 41.3 Å². The molecule has 3 aromatic carbocycles. The third kappa shape index (κ3) is 4.97. The van der Waals surface area contributed by atoms with E-state index in [4.69, 9.17) is 4.74 Å². The number of anilines is 1. The fourth-order valence-electron chi connectivity index (χ4n) is 3.47. The summed E-state index contributed by atoms with van der Waals surface area (Å²) in [6.07, 6.45) is 0.988. The van der Waals surface area contributed by atoms with Crippen LogP contribution in [0.3, 0.4) is 0 Å². The molecule has 1 atom stereocenters. The molecule has 1 fully saturated rings. The highest BCUT2D eigenvalue weighted by atomic mass is 32.2. The SMILES string of the molecule is CCc1ccc(NC(=O)N2CCS[C@H]2c2cccc(OCc3ccccc3)c2)cc1. The van der Waals surface area contributed by atoms with Gasteiger partial charge in [-0.3, -0.25) is 0 Å². The second-order valence-electron chi connectivity index (χ2n) is 7.24. The number of rotatable bonds is 6. The minimum Gasteiger partial charge on any atom is -0.489 e. The van der Waals surface area contributed by atoms with Gasteiger partial charge in [0.05, 0.1) is 0 Å². The highest BCUT2D eigenvalue weighted by Crippen LogP contribution is 2.39. The molecule has 0 bridgehead atoms. The van der Waals surface area contributed by atoms with E-state index in [9.17, 15) is 4.79 Å². The predicted molar refractivity (Wildman–Crippen MR) is 124 cm³/mol. The van der Waals surface area contributed by atoms with Gasteiger partial charge in [-0.25, -0.2) is 4.79 Å². The van der Waals surface area contributed by atoms with Crippen molar-refractivity contribution in [2.75, 3.05) is 17.6 Å². The molecule has 1 N–H and O–H groups in total. The molecule has 0 unspecified atom stereocenters. The fraction of sp³-hybridized carbons (Fsp3) is 0.240. The van der Waals surface area contributed by atoms with Crippen molar-refractivity contribution in [3.05, 3.63) is 95.6 Å². The maximum atomic E-state index is 12.9. The molecule has 30 heavy (non-hydrogen) atoms. The molecule has 1 aliphatic rings. The minimum atomic E-state index is -0.0649. The van der Waals surface area contributed by atoms with Crippen LogP contribution >= 0.6 is 11.8 Å². The van der Waals surface area contributed by atoms with Crippen molar-refractivity contribution in [3.8, 4) is 5.75 Å². The molecule has 5 heteroatoms. The van der Waals surface area contributed by atoms with Crippen LogP contribution < -0.4 is 10.1 Å². The molecule has 154 valence electrons. The van der Waals surface area contributed by atoms with Crippen molar-refractivity contribution in [1.29, 1.82) is 0 Å². The Morgan fingerprint density at radius 1 is 1.03 bits per heavy atom. The first-order valence-electron chi connectivity index (χ1n) is 10.3. The average molecular weight is 419 g/mol. The number of hydrogen-bond acceptors (Lipinski definition) is 3. The third-order valence-corrected chi connectivity index (χ3v) is 6.42. The minimum absolute atomic E-state index is 0.0137. The van der Waals surface area contributed by atoms with Crippen LogP contribution in [0.1, 0.15) is 29.0 Å². The number of urea groups is 1. The Balaban J connectivity index is 1.42. The van der Waals surface area contributed by atoms with Crippen LogP contribution in [0, 0.1) is 0 Å². The summed E-state index contributed by atoms with van der Waals surface area (Å²) in [6.45, 7) is 3.38. The summed E-state index contributed by atoms with van der Waals surface area (Å²) in [5.74, 6) is 1.74. The summed E-state index contributed by atoms with van der Waals surface area (Å²) in [6, 6.07) is 26.2. The van der Waals surface area contributed by atoms with Crippen LogP contribution in [0.25, 0.3) is 0 Å². The van der Waals surface area contributed by atoms with E-state index in [1.54, 1.807) is 11.8 Å². The number of carbonyl (C=O) groups excluding carboxylic acids is 1. The zero-order valence-corrected chi connectivity index (χ0v) is 17.9. The quantitative estimate of drug-likeness (QED) is 0.525. The van der Waals surface area contributed by atoms with Crippen LogP contribution in [0.15, 0.2) is 78.9 Å². The van der Waals surface area contributed by atoms with Crippen LogP contribution in [-0.2, 0) is 13.0 Å². The Morgan fingerprint density at radius 2 is 1.83 bits per heavy atom. The normalized spacial score (nSPS) is 15.8. The van der Waals surface area contributed by atoms with E-state index >= 15 is 0 Å². The van der Waals surface area contributed by atoms with Gasteiger partial charge in [0.25, 0.3) is 0 Å². The molecule has 4 rings (SSSR count). The predicted octanol–water partition coefficient (Wildman–Crippen LogP) is 6.11. The first kappa shape index (κ1) is 20.4. The molecule has 3 aromatic rings. The molecule has 0 spiro atoms. The Kier molecular flexibility index (Phi) is 6.60. The number of amides is 2. The highest BCUT2D eigenvalue weighted by Gasteiger charge is 2.31. The zero-order chi connectivity index (χ0) is 20.8. The van der Waals surface area contributed by atoms with E-state index < -0.39 is 0 Å². The monoisotopic (exact) mass is 418 g/mol. The standard InChI is InChI=1S/C25H26N2O2S/c1-2-19-11-13-22(14-12-19)26-25(28)27-15-16-30-24(27)21-9-6-10-23(17-21)29-18-20-7-4-3-5-8-20/h3-14,17,24H,2,15-16,18H2,1H3,(H,26,28)/t24-/m0/s1. The van der Waals surface area contributed by atoms with Crippen molar-refractivity contribution < 1.29 is 9.53 Å². The number of benzene rings is 3. The van der Waals surface area contributed by atoms with Gasteiger partial charge in [-0.05, 0) is 47.4 Å². The summed E-state index contributed by atoms with van der Waals surface area (Å²) in [4.78, 5) is 14.8. The van der Waals surface area contributed by atoms with Crippen LogP contribution in [0.4, 0.5) is 10.5 Å². The summed E-state index contributed by atoms with van der Waals surface area (Å²) in [7, 11) is 0. The number of hydrogen-bond donors (Lipinski definition) is 1. The first-order valence-corrected chi connectivity index (χ1v) is 11.3. The topological polar surface area (TPSA) is 41.6 Å². The summed E-state index contributed by atoms with van der Waals surface area (Å²) in [5.41, 5.74) is 4.30. The van der Waals surface area contributed by atoms with Crippen molar-refractivity contribution in [3.63, 3.8) is 0 Å². The molecular weight excluding hydrogens is 392 g/mol.